The lowest BCUT2D eigenvalue weighted by Crippen LogP contribution is -2.55. The predicted molar refractivity (Wildman–Crippen MR) is 194 cm³/mol. The van der Waals surface area contributed by atoms with Gasteiger partial charge in [0, 0.05) is 43.8 Å². The van der Waals surface area contributed by atoms with Gasteiger partial charge in [-0.2, -0.15) is 0 Å². The summed E-state index contributed by atoms with van der Waals surface area (Å²) >= 11 is 1.41. The molecule has 2 aliphatic rings. The molecular formula is C38H57N5O6S. The average Bonchev–Trinajstić information content (AvgIpc) is 3.65. The second-order valence-corrected chi connectivity index (χ2v) is 14.8. The minimum Gasteiger partial charge on any atom is -0.391 e. The Morgan fingerprint density at radius 3 is 2.42 bits per heavy atom. The van der Waals surface area contributed by atoms with Crippen molar-refractivity contribution in [3.05, 3.63) is 52.5 Å². The van der Waals surface area contributed by atoms with E-state index in [0.29, 0.717) is 57.3 Å². The molecule has 1 saturated carbocycles. The van der Waals surface area contributed by atoms with E-state index in [1.807, 2.05) is 35.7 Å². The maximum atomic E-state index is 14.2. The number of nitrogens with one attached hydrogen (secondary N) is 3. The van der Waals surface area contributed by atoms with Crippen molar-refractivity contribution >= 4 is 35.0 Å². The number of unbranched alkanes of at least 4 members (excludes halogenated alkanes) is 1. The van der Waals surface area contributed by atoms with Crippen molar-refractivity contribution in [3.8, 4) is 0 Å². The number of hydrogen-bond donors (Lipinski definition) is 4. The lowest BCUT2D eigenvalue weighted by Gasteiger charge is -2.32. The van der Waals surface area contributed by atoms with Gasteiger partial charge in [0.05, 0.1) is 42.5 Å². The number of carbonyl (C=O) groups is 4. The smallest absolute Gasteiger partial charge is 0.243 e. The van der Waals surface area contributed by atoms with E-state index in [-0.39, 0.29) is 37.0 Å². The number of ether oxygens (including phenoxy) is 1. The normalized spacial score (nSPS) is 18.3. The molecule has 1 aliphatic heterocycles. The Kier molecular flexibility index (Phi) is 16.7. The summed E-state index contributed by atoms with van der Waals surface area (Å²) in [4.78, 5) is 60.5. The second kappa shape index (κ2) is 21.1. The number of rotatable bonds is 19. The third kappa shape index (κ3) is 13.1. The summed E-state index contributed by atoms with van der Waals surface area (Å²) in [7, 11) is 0. The molecule has 1 aliphatic carbocycles. The largest absolute Gasteiger partial charge is 0.391 e. The van der Waals surface area contributed by atoms with Crippen LogP contribution in [0.15, 0.2) is 41.2 Å². The Labute approximate surface area is 301 Å². The quantitative estimate of drug-likeness (QED) is 0.161. The van der Waals surface area contributed by atoms with Crippen LogP contribution in [0.3, 0.4) is 0 Å². The van der Waals surface area contributed by atoms with Gasteiger partial charge in [-0.25, -0.2) is 4.98 Å². The number of benzene rings is 1. The fourth-order valence-corrected chi connectivity index (χ4v) is 7.50. The number of aliphatic hydroxyl groups is 1. The van der Waals surface area contributed by atoms with Crippen LogP contribution in [0.2, 0.25) is 0 Å². The van der Waals surface area contributed by atoms with Crippen molar-refractivity contribution in [3.63, 3.8) is 0 Å². The topological polar surface area (TPSA) is 150 Å². The molecule has 50 heavy (non-hydrogen) atoms. The molecule has 2 fully saturated rings. The first-order valence-corrected chi connectivity index (χ1v) is 19.5. The molecule has 0 bridgehead atoms. The number of thiazole rings is 1. The van der Waals surface area contributed by atoms with Gasteiger partial charge in [0.1, 0.15) is 6.04 Å². The van der Waals surface area contributed by atoms with Crippen molar-refractivity contribution in [1.29, 1.82) is 0 Å². The van der Waals surface area contributed by atoms with E-state index >= 15 is 0 Å². The van der Waals surface area contributed by atoms with Crippen LogP contribution >= 0.6 is 11.3 Å². The Balaban J connectivity index is 1.51. The average molecular weight is 712 g/mol. The maximum Gasteiger partial charge on any atom is 0.243 e. The zero-order valence-corrected chi connectivity index (χ0v) is 30.6. The number of morpholine rings is 1. The summed E-state index contributed by atoms with van der Waals surface area (Å²) in [6, 6.07) is 8.01. The zero-order chi connectivity index (χ0) is 35.7. The van der Waals surface area contributed by atoms with E-state index < -0.39 is 35.9 Å². The maximum absolute atomic E-state index is 14.2. The first-order valence-electron chi connectivity index (χ1n) is 18.6. The fourth-order valence-electron chi connectivity index (χ4n) is 6.93. The summed E-state index contributed by atoms with van der Waals surface area (Å²) in [5.41, 5.74) is 3.28. The molecule has 0 radical (unpaired) electrons. The van der Waals surface area contributed by atoms with E-state index in [0.717, 1.165) is 44.1 Å². The summed E-state index contributed by atoms with van der Waals surface area (Å²) in [5.74, 6) is -1.80. The molecule has 5 atom stereocenters. The van der Waals surface area contributed by atoms with Crippen LogP contribution < -0.4 is 16.0 Å². The number of aromatic nitrogens is 1. The third-order valence-corrected chi connectivity index (χ3v) is 10.6. The predicted octanol–water partition coefficient (Wildman–Crippen LogP) is 4.04. The number of amides is 4. The van der Waals surface area contributed by atoms with E-state index in [2.05, 4.69) is 27.9 Å². The molecule has 11 nitrogen and oxygen atoms in total. The van der Waals surface area contributed by atoms with Crippen LogP contribution in [0.5, 0.6) is 0 Å². The van der Waals surface area contributed by atoms with Gasteiger partial charge in [-0.15, -0.1) is 11.3 Å². The summed E-state index contributed by atoms with van der Waals surface area (Å²) in [6.07, 6.45) is 7.72. The lowest BCUT2D eigenvalue weighted by molar-refractivity contribution is -0.140. The van der Waals surface area contributed by atoms with E-state index in [1.165, 1.54) is 17.8 Å². The molecular weight excluding hydrogens is 655 g/mol. The molecule has 4 N–H and O–H groups in total. The van der Waals surface area contributed by atoms with Gasteiger partial charge >= 0.3 is 0 Å². The van der Waals surface area contributed by atoms with Crippen molar-refractivity contribution in [2.45, 2.75) is 109 Å². The van der Waals surface area contributed by atoms with Crippen LogP contribution in [0, 0.1) is 17.8 Å². The van der Waals surface area contributed by atoms with E-state index in [1.54, 1.807) is 17.3 Å². The highest BCUT2D eigenvalue weighted by atomic mass is 32.1. The second-order valence-electron chi connectivity index (χ2n) is 14.0. The third-order valence-electron chi connectivity index (χ3n) is 9.99. The Bertz CT molecular complexity index is 1320. The molecule has 2 heterocycles. The highest BCUT2D eigenvalue weighted by molar-refractivity contribution is 7.07. The molecule has 2 aromatic rings. The molecule has 1 aromatic carbocycles. The van der Waals surface area contributed by atoms with Gasteiger partial charge in [-0.3, -0.25) is 19.2 Å². The molecule has 0 unspecified atom stereocenters. The van der Waals surface area contributed by atoms with Crippen molar-refractivity contribution in [2.24, 2.45) is 17.8 Å². The zero-order valence-electron chi connectivity index (χ0n) is 29.8. The van der Waals surface area contributed by atoms with Crippen molar-refractivity contribution < 1.29 is 29.0 Å². The van der Waals surface area contributed by atoms with Crippen LogP contribution in [0.1, 0.15) is 89.3 Å². The van der Waals surface area contributed by atoms with Crippen molar-refractivity contribution in [1.82, 2.24) is 25.8 Å². The number of carbonyl (C=O) groups excluding carboxylic acids is 4. The minimum absolute atomic E-state index is 0.00694. The van der Waals surface area contributed by atoms with Crippen LogP contribution in [-0.4, -0.2) is 89.7 Å². The molecule has 276 valence electrons. The molecule has 1 saturated heterocycles. The van der Waals surface area contributed by atoms with Crippen molar-refractivity contribution in [2.75, 3.05) is 32.8 Å². The lowest BCUT2D eigenvalue weighted by atomic mass is 9.82. The number of nitrogens with zero attached hydrogens (tertiary/aromatic N) is 2. The van der Waals surface area contributed by atoms with Crippen LogP contribution in [0.4, 0.5) is 0 Å². The van der Waals surface area contributed by atoms with Gasteiger partial charge in [0.25, 0.3) is 0 Å². The molecule has 12 heteroatoms. The Morgan fingerprint density at radius 1 is 1.00 bits per heavy atom. The standard InChI is InChI=1S/C38H57N5O6S/c1-3-4-15-39-36(46)27(2)20-34(44)32(22-29-13-9-6-10-14-29)41-38(48)33(24-31-25-50-26-40-31)42-37(47)30(21-28-11-7-5-8-12-28)23-35(45)43-16-18-49-19-17-43/h5,7-8,11-12,25-27,29-30,32-34,44H,3-4,6,9-10,13-24H2,1-2H3,(H,39,46)(H,41,48)(H,42,47)/t27-,30-,32+,33+,34+/m1/s1. The summed E-state index contributed by atoms with van der Waals surface area (Å²) in [6.45, 7) is 6.37. The first kappa shape index (κ1) is 39.4. The van der Waals surface area contributed by atoms with E-state index in [4.69, 9.17) is 4.74 Å². The van der Waals surface area contributed by atoms with Gasteiger partial charge in [-0.05, 0) is 37.2 Å². The SMILES string of the molecule is CCCCNC(=O)[C@H](C)C[C@H](O)[C@H](CC1CCCCC1)NC(=O)[C@H](Cc1cscn1)NC(=O)[C@@H](CC(=O)N1CCOCC1)Cc1ccccc1. The Morgan fingerprint density at radius 2 is 1.74 bits per heavy atom. The molecule has 0 spiro atoms. The monoisotopic (exact) mass is 711 g/mol. The van der Waals surface area contributed by atoms with Gasteiger partial charge in [0.15, 0.2) is 0 Å². The molecule has 1 aromatic heterocycles. The minimum atomic E-state index is -0.975. The number of aliphatic hydroxyl groups excluding tert-OH is 1. The fraction of sp³-hybridized carbons (Fsp3) is 0.658. The highest BCUT2D eigenvalue weighted by Crippen LogP contribution is 2.29. The number of hydrogen-bond acceptors (Lipinski definition) is 8. The highest BCUT2D eigenvalue weighted by Gasteiger charge is 2.34. The van der Waals surface area contributed by atoms with Gasteiger partial charge in [0.2, 0.25) is 23.6 Å². The van der Waals surface area contributed by atoms with E-state index in [9.17, 15) is 24.3 Å². The first-order chi connectivity index (χ1) is 24.2. The summed E-state index contributed by atoms with van der Waals surface area (Å²) in [5, 5.41) is 22.4. The van der Waals surface area contributed by atoms with Crippen LogP contribution in [0.25, 0.3) is 0 Å². The summed E-state index contributed by atoms with van der Waals surface area (Å²) < 4.78 is 5.42. The molecule has 4 rings (SSSR count). The molecule has 4 amide bonds. The van der Waals surface area contributed by atoms with Gasteiger partial charge < -0.3 is 30.7 Å². The van der Waals surface area contributed by atoms with Gasteiger partial charge in [-0.1, -0.05) is 82.7 Å². The van der Waals surface area contributed by atoms with Crippen LogP contribution in [-0.2, 0) is 36.8 Å². The Hall–Kier alpha value is -3.35.